The van der Waals surface area contributed by atoms with E-state index >= 15 is 0 Å². The predicted molar refractivity (Wildman–Crippen MR) is 100 cm³/mol. The molecule has 0 unspecified atom stereocenters. The summed E-state index contributed by atoms with van der Waals surface area (Å²) in [5.74, 6) is -0.927. The van der Waals surface area contributed by atoms with Crippen LogP contribution in [0.2, 0.25) is 0 Å². The molecule has 1 N–H and O–H groups in total. The van der Waals surface area contributed by atoms with Crippen molar-refractivity contribution in [2.45, 2.75) is 13.1 Å². The van der Waals surface area contributed by atoms with Crippen molar-refractivity contribution in [1.82, 2.24) is 4.98 Å². The average molecular weight is 430 g/mol. The second kappa shape index (κ2) is 9.41. The minimum absolute atomic E-state index is 0.0935. The lowest BCUT2D eigenvalue weighted by atomic mass is 10.2. The maximum Gasteiger partial charge on any atom is 0.435 e. The molecule has 1 heterocycles. The van der Waals surface area contributed by atoms with Gasteiger partial charge in [0.05, 0.1) is 20.8 Å². The van der Waals surface area contributed by atoms with Crippen LogP contribution in [0.5, 0.6) is 11.5 Å². The molecule has 0 radical (unpaired) electrons. The minimum Gasteiger partial charge on any atom is -0.493 e. The second-order valence-electron chi connectivity index (χ2n) is 5.35. The van der Waals surface area contributed by atoms with E-state index in [4.69, 9.17) is 9.47 Å². The number of benzene rings is 1. The normalized spacial score (nSPS) is 11.4. The molecule has 1 aromatic carbocycles. The molecule has 0 aliphatic rings. The van der Waals surface area contributed by atoms with Gasteiger partial charge in [-0.3, -0.25) is 10.1 Å². The van der Waals surface area contributed by atoms with E-state index < -0.39 is 28.6 Å². The first-order valence-corrected chi connectivity index (χ1v) is 8.97. The molecule has 0 atom stereocenters. The molecular weight excluding hydrogens is 413 g/mol. The summed E-state index contributed by atoms with van der Waals surface area (Å²) in [6.07, 6.45) is -2.32. The van der Waals surface area contributed by atoms with Crippen LogP contribution < -0.4 is 14.8 Å². The van der Waals surface area contributed by atoms with Gasteiger partial charge in [0.15, 0.2) is 22.3 Å². The average Bonchev–Trinajstić information content (AvgIpc) is 3.10. The van der Waals surface area contributed by atoms with Gasteiger partial charge in [-0.1, -0.05) is 17.4 Å². The lowest BCUT2D eigenvalue weighted by Gasteiger charge is -2.07. The van der Waals surface area contributed by atoms with Gasteiger partial charge in [0, 0.05) is 6.08 Å². The lowest BCUT2D eigenvalue weighted by molar-refractivity contribution is -0.141. The van der Waals surface area contributed by atoms with Gasteiger partial charge in [0.25, 0.3) is 0 Å². The zero-order valence-electron chi connectivity index (χ0n) is 15.6. The molecule has 0 spiro atoms. The van der Waals surface area contributed by atoms with Gasteiger partial charge in [0.1, 0.15) is 4.88 Å². The van der Waals surface area contributed by atoms with Crippen LogP contribution in [0.4, 0.5) is 18.3 Å². The van der Waals surface area contributed by atoms with Gasteiger partial charge in [-0.15, -0.1) is 0 Å². The Morgan fingerprint density at radius 1 is 1.21 bits per heavy atom. The van der Waals surface area contributed by atoms with Crippen LogP contribution >= 0.6 is 11.3 Å². The van der Waals surface area contributed by atoms with E-state index in [2.05, 4.69) is 15.0 Å². The fraction of sp³-hybridized carbons (Fsp3) is 0.278. The molecule has 1 amide bonds. The third kappa shape index (κ3) is 5.70. The van der Waals surface area contributed by atoms with Crippen LogP contribution in [0.3, 0.4) is 0 Å². The number of rotatable bonds is 7. The topological polar surface area (TPSA) is 86.8 Å². The van der Waals surface area contributed by atoms with Gasteiger partial charge in [-0.25, -0.2) is 9.78 Å². The number of thiazole rings is 1. The molecule has 1 aromatic heterocycles. The number of nitrogens with zero attached hydrogens (tertiary/aromatic N) is 1. The summed E-state index contributed by atoms with van der Waals surface area (Å²) < 4.78 is 54.1. The van der Waals surface area contributed by atoms with Gasteiger partial charge in [0.2, 0.25) is 5.91 Å². The molecule has 2 rings (SSSR count). The number of esters is 1. The van der Waals surface area contributed by atoms with E-state index in [1.807, 2.05) is 0 Å². The molecule has 0 fully saturated rings. The largest absolute Gasteiger partial charge is 0.493 e. The van der Waals surface area contributed by atoms with Crippen LogP contribution in [-0.4, -0.2) is 37.7 Å². The van der Waals surface area contributed by atoms with Gasteiger partial charge in [-0.05, 0) is 30.7 Å². The molecule has 29 heavy (non-hydrogen) atoms. The highest BCUT2D eigenvalue weighted by Gasteiger charge is 2.40. The van der Waals surface area contributed by atoms with Gasteiger partial charge in [-0.2, -0.15) is 13.2 Å². The molecule has 0 saturated carbocycles. The number of carbonyl (C=O) groups excluding carboxylic acids is 2. The Hall–Kier alpha value is -3.08. The van der Waals surface area contributed by atoms with Crippen molar-refractivity contribution >= 4 is 34.4 Å². The van der Waals surface area contributed by atoms with Crippen LogP contribution in [0, 0.1) is 0 Å². The summed E-state index contributed by atoms with van der Waals surface area (Å²) in [4.78, 5) is 26.4. The number of aromatic nitrogens is 1. The fourth-order valence-electron chi connectivity index (χ4n) is 2.18. The summed E-state index contributed by atoms with van der Waals surface area (Å²) in [6.45, 7) is 1.37. The maximum absolute atomic E-state index is 13.1. The minimum atomic E-state index is -4.86. The van der Waals surface area contributed by atoms with E-state index in [1.54, 1.807) is 18.2 Å². The quantitative estimate of drug-likeness (QED) is 0.528. The van der Waals surface area contributed by atoms with E-state index in [-0.39, 0.29) is 11.7 Å². The highest BCUT2D eigenvalue weighted by Crippen LogP contribution is 2.36. The van der Waals surface area contributed by atoms with Crippen LogP contribution in [0.15, 0.2) is 24.3 Å². The highest BCUT2D eigenvalue weighted by molar-refractivity contribution is 7.17. The zero-order chi connectivity index (χ0) is 21.6. The number of anilines is 1. The van der Waals surface area contributed by atoms with Crippen molar-refractivity contribution < 1.29 is 37.0 Å². The molecule has 7 nitrogen and oxygen atoms in total. The monoisotopic (exact) mass is 430 g/mol. The number of ether oxygens (including phenoxy) is 3. The first kappa shape index (κ1) is 22.2. The van der Waals surface area contributed by atoms with Crippen LogP contribution in [0.1, 0.15) is 27.9 Å². The predicted octanol–water partition coefficient (Wildman–Crippen LogP) is 4.01. The Morgan fingerprint density at radius 2 is 1.90 bits per heavy atom. The van der Waals surface area contributed by atoms with Crippen molar-refractivity contribution in [3.63, 3.8) is 0 Å². The Bertz CT molecular complexity index is 925. The number of alkyl halides is 3. The lowest BCUT2D eigenvalue weighted by Crippen LogP contribution is -2.14. The summed E-state index contributed by atoms with van der Waals surface area (Å²) in [5, 5.41) is 1.84. The smallest absolute Gasteiger partial charge is 0.435 e. The van der Waals surface area contributed by atoms with Crippen molar-refractivity contribution in [1.29, 1.82) is 0 Å². The number of carbonyl (C=O) groups is 2. The Morgan fingerprint density at radius 3 is 2.48 bits per heavy atom. The summed E-state index contributed by atoms with van der Waals surface area (Å²) >= 11 is 0.387. The SMILES string of the molecule is CCOC(=O)c1sc(NC(=O)/C=C/c2ccc(OC)c(OC)c2)nc1C(F)(F)F. The van der Waals surface area contributed by atoms with Crippen LogP contribution in [-0.2, 0) is 15.7 Å². The van der Waals surface area contributed by atoms with Crippen LogP contribution in [0.25, 0.3) is 6.08 Å². The molecule has 0 saturated heterocycles. The Labute approximate surface area is 168 Å². The second-order valence-corrected chi connectivity index (χ2v) is 6.35. The van der Waals surface area contributed by atoms with Crippen molar-refractivity contribution in [3.8, 4) is 11.5 Å². The summed E-state index contributed by atoms with van der Waals surface area (Å²) in [5.41, 5.74) is -0.805. The Balaban J connectivity index is 2.18. The summed E-state index contributed by atoms with van der Waals surface area (Å²) in [7, 11) is 2.94. The number of methoxy groups -OCH3 is 2. The Kier molecular flexibility index (Phi) is 7.21. The van der Waals surface area contributed by atoms with E-state index in [0.29, 0.717) is 28.4 Å². The van der Waals surface area contributed by atoms with Gasteiger partial charge < -0.3 is 14.2 Å². The number of amides is 1. The zero-order valence-corrected chi connectivity index (χ0v) is 16.4. The first-order chi connectivity index (χ1) is 13.7. The number of hydrogen-bond acceptors (Lipinski definition) is 7. The standard InChI is InChI=1S/C18H17F3N2O5S/c1-4-28-16(25)14-15(18(19,20)21)23-17(29-14)22-13(24)8-6-10-5-7-11(26-2)12(9-10)27-3/h5-9H,4H2,1-3H3,(H,22,23,24)/b8-6+. The first-order valence-electron chi connectivity index (χ1n) is 8.15. The molecule has 0 bridgehead atoms. The number of hydrogen-bond donors (Lipinski definition) is 1. The van der Waals surface area contributed by atoms with Crippen molar-refractivity contribution in [2.75, 3.05) is 26.1 Å². The fourth-order valence-corrected chi connectivity index (χ4v) is 3.06. The molecule has 156 valence electrons. The third-order valence-electron chi connectivity index (χ3n) is 3.42. The molecule has 2 aromatic rings. The van der Waals surface area contributed by atoms with Crippen molar-refractivity contribution in [3.05, 3.63) is 40.4 Å². The molecule has 0 aliphatic heterocycles. The van der Waals surface area contributed by atoms with E-state index in [9.17, 15) is 22.8 Å². The van der Waals surface area contributed by atoms with E-state index in [1.165, 1.54) is 27.2 Å². The van der Waals surface area contributed by atoms with Crippen molar-refractivity contribution in [2.24, 2.45) is 0 Å². The molecule has 11 heteroatoms. The van der Waals surface area contributed by atoms with E-state index in [0.717, 1.165) is 6.08 Å². The third-order valence-corrected chi connectivity index (χ3v) is 4.37. The number of halogens is 3. The summed E-state index contributed by atoms with van der Waals surface area (Å²) in [6, 6.07) is 4.92. The molecule has 0 aliphatic carbocycles. The molecular formula is C18H17F3N2O5S. The number of nitrogens with one attached hydrogen (secondary N) is 1. The maximum atomic E-state index is 13.1. The highest BCUT2D eigenvalue weighted by atomic mass is 32.1. The van der Waals surface area contributed by atoms with Gasteiger partial charge >= 0.3 is 12.1 Å².